The SMILES string of the molecule is C=C(C)C(=O)OCC1OC(=O)CC1C. The van der Waals surface area contributed by atoms with Gasteiger partial charge in [0.1, 0.15) is 12.7 Å². The molecule has 0 radical (unpaired) electrons. The second kappa shape index (κ2) is 4.26. The van der Waals surface area contributed by atoms with Gasteiger partial charge < -0.3 is 9.47 Å². The van der Waals surface area contributed by atoms with Crippen LogP contribution in [-0.2, 0) is 19.1 Å². The molecule has 0 aromatic carbocycles. The Kier molecular flexibility index (Phi) is 3.28. The fourth-order valence-corrected chi connectivity index (χ4v) is 1.21. The molecule has 0 N–H and O–H groups in total. The molecule has 14 heavy (non-hydrogen) atoms. The van der Waals surface area contributed by atoms with E-state index in [0.717, 1.165) is 0 Å². The minimum Gasteiger partial charge on any atom is -0.458 e. The first kappa shape index (κ1) is 10.8. The van der Waals surface area contributed by atoms with Crippen LogP contribution in [0.1, 0.15) is 20.3 Å². The van der Waals surface area contributed by atoms with Crippen molar-refractivity contribution in [1.82, 2.24) is 0 Å². The van der Waals surface area contributed by atoms with E-state index in [1.165, 1.54) is 0 Å². The minimum atomic E-state index is -0.444. The quantitative estimate of drug-likeness (QED) is 0.502. The van der Waals surface area contributed by atoms with Gasteiger partial charge in [-0.3, -0.25) is 4.79 Å². The lowest BCUT2D eigenvalue weighted by Crippen LogP contribution is -2.23. The molecule has 0 aromatic heterocycles. The van der Waals surface area contributed by atoms with Gasteiger partial charge in [-0.15, -0.1) is 0 Å². The van der Waals surface area contributed by atoms with Gasteiger partial charge >= 0.3 is 11.9 Å². The molecule has 0 aromatic rings. The van der Waals surface area contributed by atoms with Crippen molar-refractivity contribution < 1.29 is 19.1 Å². The van der Waals surface area contributed by atoms with Crippen molar-refractivity contribution in [1.29, 1.82) is 0 Å². The van der Waals surface area contributed by atoms with Crippen molar-refractivity contribution in [3.8, 4) is 0 Å². The lowest BCUT2D eigenvalue weighted by atomic mass is 10.1. The lowest BCUT2D eigenvalue weighted by Gasteiger charge is -2.13. The smallest absolute Gasteiger partial charge is 0.333 e. The zero-order chi connectivity index (χ0) is 10.7. The van der Waals surface area contributed by atoms with Crippen LogP contribution in [0.4, 0.5) is 0 Å². The van der Waals surface area contributed by atoms with Gasteiger partial charge in [0.25, 0.3) is 0 Å². The molecule has 78 valence electrons. The van der Waals surface area contributed by atoms with E-state index in [-0.39, 0.29) is 24.6 Å². The fourth-order valence-electron chi connectivity index (χ4n) is 1.21. The van der Waals surface area contributed by atoms with E-state index in [4.69, 9.17) is 9.47 Å². The van der Waals surface area contributed by atoms with Crippen molar-refractivity contribution in [3.63, 3.8) is 0 Å². The molecule has 4 heteroatoms. The number of ether oxygens (including phenoxy) is 2. The third-order valence-corrected chi connectivity index (χ3v) is 2.13. The lowest BCUT2D eigenvalue weighted by molar-refractivity contribution is -0.150. The molecule has 0 spiro atoms. The molecule has 0 amide bonds. The molecule has 0 bridgehead atoms. The number of rotatable bonds is 3. The summed E-state index contributed by atoms with van der Waals surface area (Å²) in [6, 6.07) is 0. The van der Waals surface area contributed by atoms with Gasteiger partial charge in [0.15, 0.2) is 0 Å². The summed E-state index contributed by atoms with van der Waals surface area (Å²) in [6.07, 6.45) is 0.0979. The Hall–Kier alpha value is -1.32. The maximum absolute atomic E-state index is 11.0. The van der Waals surface area contributed by atoms with Crippen molar-refractivity contribution >= 4 is 11.9 Å². The van der Waals surface area contributed by atoms with Crippen molar-refractivity contribution in [2.75, 3.05) is 6.61 Å². The molecule has 1 rings (SSSR count). The summed E-state index contributed by atoms with van der Waals surface area (Å²) in [6.45, 7) is 7.04. The Bertz CT molecular complexity index is 269. The number of carbonyl (C=O) groups excluding carboxylic acids is 2. The van der Waals surface area contributed by atoms with E-state index in [1.54, 1.807) is 6.92 Å². The van der Waals surface area contributed by atoms with Gasteiger partial charge in [-0.05, 0) is 6.92 Å². The molecule has 1 aliphatic rings. The number of carbonyl (C=O) groups is 2. The highest BCUT2D eigenvalue weighted by molar-refractivity contribution is 5.86. The van der Waals surface area contributed by atoms with E-state index >= 15 is 0 Å². The first-order valence-corrected chi connectivity index (χ1v) is 4.53. The second-order valence-corrected chi connectivity index (χ2v) is 3.59. The predicted octanol–water partition coefficient (Wildman–Crippen LogP) is 1.06. The monoisotopic (exact) mass is 198 g/mol. The molecule has 0 saturated carbocycles. The van der Waals surface area contributed by atoms with Crippen molar-refractivity contribution in [2.45, 2.75) is 26.4 Å². The maximum atomic E-state index is 11.0. The summed E-state index contributed by atoms with van der Waals surface area (Å²) in [5.74, 6) is -0.561. The van der Waals surface area contributed by atoms with E-state index in [0.29, 0.717) is 12.0 Å². The van der Waals surface area contributed by atoms with Crippen LogP contribution in [0.3, 0.4) is 0 Å². The molecule has 1 heterocycles. The molecule has 1 fully saturated rings. The maximum Gasteiger partial charge on any atom is 0.333 e. The summed E-state index contributed by atoms with van der Waals surface area (Å²) in [5.41, 5.74) is 0.349. The van der Waals surface area contributed by atoms with Gasteiger partial charge in [-0.2, -0.15) is 0 Å². The van der Waals surface area contributed by atoms with Crippen LogP contribution in [0.2, 0.25) is 0 Å². The zero-order valence-electron chi connectivity index (χ0n) is 8.41. The Morgan fingerprint density at radius 1 is 1.71 bits per heavy atom. The number of hydrogen-bond acceptors (Lipinski definition) is 4. The molecule has 1 saturated heterocycles. The van der Waals surface area contributed by atoms with Crippen molar-refractivity contribution in [2.24, 2.45) is 5.92 Å². The Morgan fingerprint density at radius 2 is 2.36 bits per heavy atom. The topological polar surface area (TPSA) is 52.6 Å². The van der Waals surface area contributed by atoms with Gasteiger partial charge in [-0.1, -0.05) is 13.5 Å². The van der Waals surface area contributed by atoms with Crippen LogP contribution in [-0.4, -0.2) is 24.6 Å². The highest BCUT2D eigenvalue weighted by Crippen LogP contribution is 2.21. The van der Waals surface area contributed by atoms with E-state index in [1.807, 2.05) is 6.92 Å². The van der Waals surface area contributed by atoms with Crippen LogP contribution < -0.4 is 0 Å². The third-order valence-electron chi connectivity index (χ3n) is 2.13. The van der Waals surface area contributed by atoms with Crippen LogP contribution in [0.5, 0.6) is 0 Å². The molecule has 1 aliphatic heterocycles. The summed E-state index contributed by atoms with van der Waals surface area (Å²) in [7, 11) is 0. The summed E-state index contributed by atoms with van der Waals surface area (Å²) < 4.78 is 9.85. The third kappa shape index (κ3) is 2.58. The summed E-state index contributed by atoms with van der Waals surface area (Å²) in [5, 5.41) is 0. The molecule has 4 nitrogen and oxygen atoms in total. The zero-order valence-corrected chi connectivity index (χ0v) is 8.41. The van der Waals surface area contributed by atoms with Gasteiger partial charge in [0, 0.05) is 11.5 Å². The Morgan fingerprint density at radius 3 is 2.79 bits per heavy atom. The van der Waals surface area contributed by atoms with Crippen LogP contribution in [0.25, 0.3) is 0 Å². The Labute approximate surface area is 82.9 Å². The second-order valence-electron chi connectivity index (χ2n) is 3.59. The Balaban J connectivity index is 2.35. The molecular formula is C10H14O4. The highest BCUT2D eigenvalue weighted by Gasteiger charge is 2.32. The summed E-state index contributed by atoms with van der Waals surface area (Å²) >= 11 is 0. The molecule has 2 atom stereocenters. The van der Waals surface area contributed by atoms with Gasteiger partial charge in [0.2, 0.25) is 0 Å². The van der Waals surface area contributed by atoms with Crippen LogP contribution in [0.15, 0.2) is 12.2 Å². The average Bonchev–Trinajstić information content (AvgIpc) is 2.40. The molecular weight excluding hydrogens is 184 g/mol. The molecule has 2 unspecified atom stereocenters. The molecule has 0 aliphatic carbocycles. The first-order valence-electron chi connectivity index (χ1n) is 4.53. The van der Waals surface area contributed by atoms with Crippen LogP contribution in [0, 0.1) is 5.92 Å². The number of esters is 2. The van der Waals surface area contributed by atoms with E-state index in [2.05, 4.69) is 6.58 Å². The van der Waals surface area contributed by atoms with Gasteiger partial charge in [0.05, 0.1) is 6.42 Å². The number of cyclic esters (lactones) is 1. The minimum absolute atomic E-state index is 0.112. The predicted molar refractivity (Wildman–Crippen MR) is 49.4 cm³/mol. The first-order chi connectivity index (χ1) is 6.50. The summed E-state index contributed by atoms with van der Waals surface area (Å²) in [4.78, 5) is 21.9. The highest BCUT2D eigenvalue weighted by atomic mass is 16.6. The van der Waals surface area contributed by atoms with E-state index < -0.39 is 5.97 Å². The van der Waals surface area contributed by atoms with Crippen molar-refractivity contribution in [3.05, 3.63) is 12.2 Å². The number of hydrogen-bond donors (Lipinski definition) is 0. The average molecular weight is 198 g/mol. The largest absolute Gasteiger partial charge is 0.458 e. The van der Waals surface area contributed by atoms with Gasteiger partial charge in [-0.25, -0.2) is 4.79 Å². The van der Waals surface area contributed by atoms with E-state index in [9.17, 15) is 9.59 Å². The fraction of sp³-hybridized carbons (Fsp3) is 0.600. The normalized spacial score (nSPS) is 25.7. The van der Waals surface area contributed by atoms with Crippen LogP contribution >= 0.6 is 0 Å². The standard InChI is InChI=1S/C10H14O4/c1-6(2)10(12)13-5-8-7(3)4-9(11)14-8/h7-8H,1,4-5H2,2-3H3.